The molecule has 17 heavy (non-hydrogen) atoms. The van der Waals surface area contributed by atoms with Gasteiger partial charge in [-0.2, -0.15) is 5.26 Å². The number of aliphatic hydroxyl groups excluding tert-OH is 2. The zero-order valence-corrected chi connectivity index (χ0v) is 9.37. The number of hydrogen-bond donors (Lipinski definition) is 3. The summed E-state index contributed by atoms with van der Waals surface area (Å²) in [5, 5.41) is 27.7. The number of rotatable bonds is 2. The van der Waals surface area contributed by atoms with Crippen LogP contribution in [-0.4, -0.2) is 35.5 Å². The fourth-order valence-electron chi connectivity index (χ4n) is 2.01. The molecule has 0 radical (unpaired) electrons. The molecule has 2 unspecified atom stereocenters. The van der Waals surface area contributed by atoms with Gasteiger partial charge in [0.05, 0.1) is 24.7 Å². The molecule has 2 atom stereocenters. The molecule has 0 amide bonds. The number of anilines is 2. The van der Waals surface area contributed by atoms with Crippen molar-refractivity contribution in [2.24, 2.45) is 0 Å². The first kappa shape index (κ1) is 11.7. The number of benzene rings is 1. The largest absolute Gasteiger partial charge is 0.398 e. The van der Waals surface area contributed by atoms with Crippen molar-refractivity contribution in [2.75, 3.05) is 23.7 Å². The molecule has 0 bridgehead atoms. The van der Waals surface area contributed by atoms with Crippen LogP contribution in [0.2, 0.25) is 0 Å². The predicted molar refractivity (Wildman–Crippen MR) is 64.4 cm³/mol. The highest BCUT2D eigenvalue weighted by atomic mass is 16.3. The molecule has 1 fully saturated rings. The lowest BCUT2D eigenvalue weighted by atomic mass is 10.1. The van der Waals surface area contributed by atoms with Gasteiger partial charge in [-0.1, -0.05) is 0 Å². The van der Waals surface area contributed by atoms with Gasteiger partial charge in [0.15, 0.2) is 0 Å². The van der Waals surface area contributed by atoms with E-state index in [1.807, 2.05) is 17.0 Å². The van der Waals surface area contributed by atoms with E-state index in [0.29, 0.717) is 18.8 Å². The third kappa shape index (κ3) is 2.33. The van der Waals surface area contributed by atoms with Crippen LogP contribution in [-0.2, 0) is 6.42 Å². The van der Waals surface area contributed by atoms with E-state index in [-0.39, 0.29) is 6.42 Å². The minimum Gasteiger partial charge on any atom is -0.398 e. The second-order valence-corrected chi connectivity index (χ2v) is 4.26. The summed E-state index contributed by atoms with van der Waals surface area (Å²) >= 11 is 0. The summed E-state index contributed by atoms with van der Waals surface area (Å²) in [6, 6.07) is 7.48. The van der Waals surface area contributed by atoms with Crippen LogP contribution in [0.15, 0.2) is 18.2 Å². The molecule has 1 aliphatic rings. The lowest BCUT2D eigenvalue weighted by molar-refractivity contribution is 0.0572. The molecular formula is C12H15N3O2. The zero-order chi connectivity index (χ0) is 12.4. The minimum atomic E-state index is -0.716. The Morgan fingerprint density at radius 2 is 2.00 bits per heavy atom. The van der Waals surface area contributed by atoms with Crippen molar-refractivity contribution in [1.29, 1.82) is 5.26 Å². The highest BCUT2D eigenvalue weighted by molar-refractivity contribution is 5.59. The van der Waals surface area contributed by atoms with Gasteiger partial charge in [0.2, 0.25) is 0 Å². The summed E-state index contributed by atoms with van der Waals surface area (Å²) in [6.45, 7) is 0.800. The van der Waals surface area contributed by atoms with Crippen LogP contribution in [0.3, 0.4) is 0 Å². The highest BCUT2D eigenvalue weighted by Gasteiger charge is 2.29. The number of nitrogens with zero attached hydrogens (tertiary/aromatic N) is 2. The van der Waals surface area contributed by atoms with Gasteiger partial charge >= 0.3 is 0 Å². The molecule has 5 heteroatoms. The highest BCUT2D eigenvalue weighted by Crippen LogP contribution is 2.25. The molecule has 4 N–H and O–H groups in total. The fourth-order valence-corrected chi connectivity index (χ4v) is 2.01. The van der Waals surface area contributed by atoms with Gasteiger partial charge < -0.3 is 20.8 Å². The SMILES string of the molecule is N#CCc1cc(N2CC(O)C(O)C2)ccc1N. The van der Waals surface area contributed by atoms with E-state index < -0.39 is 12.2 Å². The third-order valence-corrected chi connectivity index (χ3v) is 3.02. The van der Waals surface area contributed by atoms with Gasteiger partial charge in [-0.25, -0.2) is 0 Å². The molecular weight excluding hydrogens is 218 g/mol. The first-order chi connectivity index (χ1) is 8.11. The summed E-state index contributed by atoms with van der Waals surface area (Å²) in [4.78, 5) is 1.88. The Bertz CT molecular complexity index is 446. The Morgan fingerprint density at radius 3 is 2.59 bits per heavy atom. The fraction of sp³-hybridized carbons (Fsp3) is 0.417. The maximum absolute atomic E-state index is 9.49. The van der Waals surface area contributed by atoms with Crippen LogP contribution in [0.25, 0.3) is 0 Å². The van der Waals surface area contributed by atoms with E-state index in [9.17, 15) is 10.2 Å². The molecule has 90 valence electrons. The molecule has 1 aliphatic heterocycles. The van der Waals surface area contributed by atoms with Gasteiger partial charge in [-0.3, -0.25) is 0 Å². The average Bonchev–Trinajstić information content (AvgIpc) is 2.63. The summed E-state index contributed by atoms with van der Waals surface area (Å²) in [5.41, 5.74) is 8.01. The van der Waals surface area contributed by atoms with Crippen LogP contribution >= 0.6 is 0 Å². The molecule has 1 aromatic rings. The van der Waals surface area contributed by atoms with Crippen LogP contribution < -0.4 is 10.6 Å². The van der Waals surface area contributed by atoms with Gasteiger partial charge in [-0.05, 0) is 23.8 Å². The van der Waals surface area contributed by atoms with E-state index in [4.69, 9.17) is 11.0 Å². The maximum atomic E-state index is 9.49. The number of nitrogen functional groups attached to an aromatic ring is 1. The van der Waals surface area contributed by atoms with Crippen molar-refractivity contribution >= 4 is 11.4 Å². The number of β-amino-alcohol motifs (C(OH)–C–C–N with tert-alkyl or cyclic N) is 2. The Balaban J connectivity index is 2.23. The monoisotopic (exact) mass is 233 g/mol. The lowest BCUT2D eigenvalue weighted by Gasteiger charge is -2.18. The molecule has 0 aromatic heterocycles. The van der Waals surface area contributed by atoms with Crippen LogP contribution in [0.1, 0.15) is 5.56 Å². The Morgan fingerprint density at radius 1 is 1.35 bits per heavy atom. The third-order valence-electron chi connectivity index (χ3n) is 3.02. The number of hydrogen-bond acceptors (Lipinski definition) is 5. The Kier molecular flexibility index (Phi) is 3.18. The van der Waals surface area contributed by atoms with E-state index in [1.165, 1.54) is 0 Å². The second kappa shape index (κ2) is 4.62. The number of nitriles is 1. The minimum absolute atomic E-state index is 0.263. The van der Waals surface area contributed by atoms with E-state index in [2.05, 4.69) is 6.07 Å². The van der Waals surface area contributed by atoms with E-state index in [1.54, 1.807) is 6.07 Å². The van der Waals surface area contributed by atoms with Crippen molar-refractivity contribution in [1.82, 2.24) is 0 Å². The van der Waals surface area contributed by atoms with E-state index >= 15 is 0 Å². The van der Waals surface area contributed by atoms with Crippen molar-refractivity contribution in [3.05, 3.63) is 23.8 Å². The molecule has 0 aliphatic carbocycles. The number of aliphatic hydroxyl groups is 2. The summed E-state index contributed by atoms with van der Waals surface area (Å²) in [6.07, 6.45) is -1.17. The molecule has 1 saturated heterocycles. The second-order valence-electron chi connectivity index (χ2n) is 4.26. The summed E-state index contributed by atoms with van der Waals surface area (Å²) in [7, 11) is 0. The zero-order valence-electron chi connectivity index (χ0n) is 9.37. The van der Waals surface area contributed by atoms with Crippen molar-refractivity contribution in [3.8, 4) is 6.07 Å². The van der Waals surface area contributed by atoms with Crippen molar-refractivity contribution in [3.63, 3.8) is 0 Å². The van der Waals surface area contributed by atoms with Crippen molar-refractivity contribution < 1.29 is 10.2 Å². The van der Waals surface area contributed by atoms with Gasteiger partial charge in [-0.15, -0.1) is 0 Å². The van der Waals surface area contributed by atoms with E-state index in [0.717, 1.165) is 11.3 Å². The van der Waals surface area contributed by atoms with Gasteiger partial charge in [0, 0.05) is 24.5 Å². The first-order valence-corrected chi connectivity index (χ1v) is 5.48. The Hall–Kier alpha value is -1.77. The molecule has 1 aromatic carbocycles. The van der Waals surface area contributed by atoms with Crippen LogP contribution in [0.5, 0.6) is 0 Å². The predicted octanol–water partition coefficient (Wildman–Crippen LogP) is -0.123. The molecule has 5 nitrogen and oxygen atoms in total. The maximum Gasteiger partial charge on any atom is 0.0990 e. The number of nitrogens with two attached hydrogens (primary N) is 1. The van der Waals surface area contributed by atoms with Gasteiger partial charge in [0.1, 0.15) is 0 Å². The first-order valence-electron chi connectivity index (χ1n) is 5.48. The van der Waals surface area contributed by atoms with Crippen LogP contribution in [0, 0.1) is 11.3 Å². The van der Waals surface area contributed by atoms with Crippen LogP contribution in [0.4, 0.5) is 11.4 Å². The topological polar surface area (TPSA) is 93.5 Å². The van der Waals surface area contributed by atoms with Gasteiger partial charge in [0.25, 0.3) is 0 Å². The molecule has 0 spiro atoms. The average molecular weight is 233 g/mol. The lowest BCUT2D eigenvalue weighted by Crippen LogP contribution is -2.22. The summed E-state index contributed by atoms with van der Waals surface area (Å²) < 4.78 is 0. The standard InChI is InChI=1S/C12H15N3O2/c13-4-3-8-5-9(1-2-10(8)14)15-6-11(16)12(17)7-15/h1-2,5,11-12,16-17H,3,6-7,14H2. The van der Waals surface area contributed by atoms with Crippen molar-refractivity contribution in [2.45, 2.75) is 18.6 Å². The normalized spacial score (nSPS) is 23.7. The molecule has 1 heterocycles. The Labute approximate surface area is 99.7 Å². The quantitative estimate of drug-likeness (QED) is 0.619. The smallest absolute Gasteiger partial charge is 0.0990 e. The molecule has 0 saturated carbocycles. The summed E-state index contributed by atoms with van der Waals surface area (Å²) in [5.74, 6) is 0. The molecule has 2 rings (SSSR count).